The number of nitrogens with zero attached hydrogens (tertiary/aromatic N) is 5. The minimum atomic E-state index is -0.750. The predicted molar refractivity (Wildman–Crippen MR) is 110 cm³/mol. The summed E-state index contributed by atoms with van der Waals surface area (Å²) in [7, 11) is 0. The number of rotatable bonds is 5. The zero-order valence-electron chi connectivity index (χ0n) is 17.0. The highest BCUT2D eigenvalue weighted by atomic mass is 19.1. The number of anilines is 2. The number of halogens is 1. The Bertz CT molecular complexity index is 869. The number of carbonyl (C=O) groups is 1. The van der Waals surface area contributed by atoms with Crippen molar-refractivity contribution in [1.29, 1.82) is 0 Å². The summed E-state index contributed by atoms with van der Waals surface area (Å²) in [6, 6.07) is 8.01. The Balaban J connectivity index is 1.33. The average molecular weight is 415 g/mol. The van der Waals surface area contributed by atoms with E-state index in [1.807, 2.05) is 6.07 Å². The van der Waals surface area contributed by atoms with Crippen LogP contribution in [0.25, 0.3) is 0 Å². The summed E-state index contributed by atoms with van der Waals surface area (Å²) < 4.78 is 24.7. The van der Waals surface area contributed by atoms with E-state index in [9.17, 15) is 9.18 Å². The first-order valence-corrected chi connectivity index (χ1v) is 10.2. The van der Waals surface area contributed by atoms with E-state index < -0.39 is 11.9 Å². The van der Waals surface area contributed by atoms with Crippen molar-refractivity contribution in [3.05, 3.63) is 42.3 Å². The number of hydrogen-bond donors (Lipinski definition) is 0. The van der Waals surface area contributed by atoms with Crippen molar-refractivity contribution in [2.45, 2.75) is 13.0 Å². The summed E-state index contributed by atoms with van der Waals surface area (Å²) >= 11 is 0. The summed E-state index contributed by atoms with van der Waals surface area (Å²) in [6.07, 6.45) is 1.02. The monoisotopic (exact) mass is 415 g/mol. The lowest BCUT2D eigenvalue weighted by Gasteiger charge is -2.36. The molecule has 0 spiro atoms. The first-order chi connectivity index (χ1) is 14.6. The van der Waals surface area contributed by atoms with Gasteiger partial charge in [0.2, 0.25) is 5.95 Å². The Morgan fingerprint density at radius 3 is 2.53 bits per heavy atom. The molecule has 160 valence electrons. The third-order valence-corrected chi connectivity index (χ3v) is 5.33. The van der Waals surface area contributed by atoms with Gasteiger partial charge >= 0.3 is 0 Å². The van der Waals surface area contributed by atoms with Crippen LogP contribution in [0.3, 0.4) is 0 Å². The zero-order valence-corrected chi connectivity index (χ0v) is 17.0. The minimum absolute atomic E-state index is 0.0913. The van der Waals surface area contributed by atoms with Crippen LogP contribution in [0.2, 0.25) is 0 Å². The number of para-hydroxylation sites is 1. The molecule has 0 bridgehead atoms. The third-order valence-electron chi connectivity index (χ3n) is 5.33. The Morgan fingerprint density at radius 1 is 1.07 bits per heavy atom. The summed E-state index contributed by atoms with van der Waals surface area (Å²) in [4.78, 5) is 27.9. The second kappa shape index (κ2) is 9.25. The fourth-order valence-electron chi connectivity index (χ4n) is 3.63. The Morgan fingerprint density at radius 2 is 1.80 bits per heavy atom. The van der Waals surface area contributed by atoms with Gasteiger partial charge in [-0.15, -0.1) is 0 Å². The highest BCUT2D eigenvalue weighted by Crippen LogP contribution is 2.20. The molecule has 30 heavy (non-hydrogen) atoms. The van der Waals surface area contributed by atoms with Gasteiger partial charge < -0.3 is 24.2 Å². The largest absolute Gasteiger partial charge is 0.478 e. The van der Waals surface area contributed by atoms with Crippen LogP contribution >= 0.6 is 0 Å². The maximum atomic E-state index is 13.8. The van der Waals surface area contributed by atoms with Crippen LogP contribution in [0, 0.1) is 5.82 Å². The molecule has 0 saturated carbocycles. The van der Waals surface area contributed by atoms with Crippen molar-refractivity contribution in [2.75, 3.05) is 62.3 Å². The van der Waals surface area contributed by atoms with Gasteiger partial charge in [-0.2, -0.15) is 4.98 Å². The van der Waals surface area contributed by atoms with Crippen molar-refractivity contribution < 1.29 is 18.7 Å². The lowest BCUT2D eigenvalue weighted by atomic mass is 10.2. The van der Waals surface area contributed by atoms with Crippen LogP contribution in [-0.2, 0) is 9.53 Å². The van der Waals surface area contributed by atoms with Gasteiger partial charge in [0.25, 0.3) is 5.91 Å². The summed E-state index contributed by atoms with van der Waals surface area (Å²) in [5.74, 6) is 1.04. The van der Waals surface area contributed by atoms with Crippen LogP contribution < -0.4 is 14.5 Å². The number of hydrogen-bond acceptors (Lipinski definition) is 7. The first kappa shape index (κ1) is 20.3. The lowest BCUT2D eigenvalue weighted by Crippen LogP contribution is -2.52. The van der Waals surface area contributed by atoms with E-state index in [4.69, 9.17) is 14.5 Å². The van der Waals surface area contributed by atoms with E-state index in [0.717, 1.165) is 18.9 Å². The van der Waals surface area contributed by atoms with Crippen molar-refractivity contribution in [3.8, 4) is 5.75 Å². The molecule has 1 atom stereocenters. The molecule has 1 amide bonds. The van der Waals surface area contributed by atoms with E-state index in [2.05, 4.69) is 14.8 Å². The zero-order chi connectivity index (χ0) is 20.9. The molecule has 1 unspecified atom stereocenters. The molecule has 0 radical (unpaired) electrons. The number of morpholine rings is 1. The second-order valence-electron chi connectivity index (χ2n) is 7.32. The third kappa shape index (κ3) is 4.62. The van der Waals surface area contributed by atoms with Crippen molar-refractivity contribution in [2.24, 2.45) is 0 Å². The number of amides is 1. The molecule has 1 aromatic carbocycles. The SMILES string of the molecule is CC(Oc1ccccc1F)C(=O)N1CCN(c2ccnc(N3CCOCC3)n2)CC1. The molecule has 0 aliphatic carbocycles. The topological polar surface area (TPSA) is 71.0 Å². The molecule has 0 N–H and O–H groups in total. The number of benzene rings is 1. The summed E-state index contributed by atoms with van der Waals surface area (Å²) in [5, 5.41) is 0. The molecule has 1 aromatic heterocycles. The second-order valence-corrected chi connectivity index (χ2v) is 7.32. The van der Waals surface area contributed by atoms with E-state index in [0.29, 0.717) is 45.3 Å². The first-order valence-electron chi connectivity index (χ1n) is 10.2. The maximum Gasteiger partial charge on any atom is 0.263 e. The van der Waals surface area contributed by atoms with Gasteiger partial charge in [-0.25, -0.2) is 9.37 Å². The number of piperazine rings is 1. The highest BCUT2D eigenvalue weighted by molar-refractivity contribution is 5.81. The van der Waals surface area contributed by atoms with Gasteiger partial charge in [-0.05, 0) is 25.1 Å². The quantitative estimate of drug-likeness (QED) is 0.734. The number of carbonyl (C=O) groups excluding carboxylic acids is 1. The Hall–Kier alpha value is -2.94. The van der Waals surface area contributed by atoms with Gasteiger partial charge in [0.05, 0.1) is 13.2 Å². The van der Waals surface area contributed by atoms with Gasteiger partial charge in [-0.1, -0.05) is 12.1 Å². The van der Waals surface area contributed by atoms with Crippen LogP contribution in [0.15, 0.2) is 36.5 Å². The molecule has 2 aliphatic heterocycles. The molecule has 2 aromatic rings. The fraction of sp³-hybridized carbons (Fsp3) is 0.476. The number of ether oxygens (including phenoxy) is 2. The van der Waals surface area contributed by atoms with Gasteiger partial charge in [0.1, 0.15) is 5.82 Å². The summed E-state index contributed by atoms with van der Waals surface area (Å²) in [5.41, 5.74) is 0. The van der Waals surface area contributed by atoms with Gasteiger partial charge in [0.15, 0.2) is 17.7 Å². The highest BCUT2D eigenvalue weighted by Gasteiger charge is 2.27. The molecule has 2 saturated heterocycles. The van der Waals surface area contributed by atoms with Gasteiger partial charge in [0, 0.05) is 45.5 Å². The molecule has 2 fully saturated rings. The molecular weight excluding hydrogens is 389 g/mol. The maximum absolute atomic E-state index is 13.8. The smallest absolute Gasteiger partial charge is 0.263 e. The van der Waals surface area contributed by atoms with Crippen molar-refractivity contribution in [1.82, 2.24) is 14.9 Å². The Labute approximate surface area is 175 Å². The average Bonchev–Trinajstić information content (AvgIpc) is 2.81. The van der Waals surface area contributed by atoms with E-state index >= 15 is 0 Å². The van der Waals surface area contributed by atoms with Crippen LogP contribution in [0.1, 0.15) is 6.92 Å². The fourth-order valence-corrected chi connectivity index (χ4v) is 3.63. The van der Waals surface area contributed by atoms with Gasteiger partial charge in [-0.3, -0.25) is 4.79 Å². The molecule has 9 heteroatoms. The molecule has 8 nitrogen and oxygen atoms in total. The van der Waals surface area contributed by atoms with E-state index in [-0.39, 0.29) is 11.7 Å². The molecule has 4 rings (SSSR count). The van der Waals surface area contributed by atoms with Crippen molar-refractivity contribution in [3.63, 3.8) is 0 Å². The van der Waals surface area contributed by atoms with Crippen LogP contribution in [0.4, 0.5) is 16.2 Å². The lowest BCUT2D eigenvalue weighted by molar-refractivity contribution is -0.138. The molecular formula is C21H26FN5O3. The van der Waals surface area contributed by atoms with E-state index in [1.54, 1.807) is 30.2 Å². The number of aromatic nitrogens is 2. The normalized spacial score (nSPS) is 18.3. The summed E-state index contributed by atoms with van der Waals surface area (Å²) in [6.45, 7) is 7.03. The van der Waals surface area contributed by atoms with Crippen molar-refractivity contribution >= 4 is 17.7 Å². The molecule has 3 heterocycles. The Kier molecular flexibility index (Phi) is 6.27. The van der Waals surface area contributed by atoms with E-state index in [1.165, 1.54) is 12.1 Å². The van der Waals surface area contributed by atoms with Crippen LogP contribution in [-0.4, -0.2) is 79.4 Å². The predicted octanol–water partition coefficient (Wildman–Crippen LogP) is 1.57. The standard InChI is InChI=1S/C21H26FN5O3/c1-16(30-18-5-3-2-4-17(18)22)20(28)26-10-8-25(9-11-26)19-6-7-23-21(24-19)27-12-14-29-15-13-27/h2-7,16H,8-15H2,1H3. The van der Waals surface area contributed by atoms with Crippen LogP contribution in [0.5, 0.6) is 5.75 Å². The molecule has 2 aliphatic rings. The minimum Gasteiger partial charge on any atom is -0.478 e.